The molecule has 15 rings (SSSR count). The second-order valence-electron chi connectivity index (χ2n) is 22.8. The van der Waals surface area contributed by atoms with Gasteiger partial charge in [0.1, 0.15) is 5.58 Å². The molecule has 5 heterocycles. The number of aryl methyl sites for hydroxylation is 1. The molecule has 0 spiro atoms. The van der Waals surface area contributed by atoms with Crippen molar-refractivity contribution in [2.75, 3.05) is 14.7 Å². The number of fused-ring (bicyclic) bond motifs is 13. The lowest BCUT2D eigenvalue weighted by Crippen LogP contribution is -2.61. The molecule has 9 aromatic carbocycles. The predicted octanol–water partition coefficient (Wildman–Crippen LogP) is 17.1. The van der Waals surface area contributed by atoms with E-state index in [4.69, 9.17) is 4.42 Å². The summed E-state index contributed by atoms with van der Waals surface area (Å²) in [7, 11) is 0. The predicted molar refractivity (Wildman–Crippen MR) is 312 cm³/mol. The molecule has 0 N–H and O–H groups in total. The molecule has 1 saturated carbocycles. The molecule has 1 fully saturated rings. The summed E-state index contributed by atoms with van der Waals surface area (Å²) in [6.07, 6.45) is 4.80. The Labute approximate surface area is 432 Å². The van der Waals surface area contributed by atoms with Crippen LogP contribution in [0.25, 0.3) is 53.2 Å². The van der Waals surface area contributed by atoms with Gasteiger partial charge in [0, 0.05) is 65.8 Å². The number of furan rings is 1. The van der Waals surface area contributed by atoms with Crippen LogP contribution < -0.4 is 31.1 Å². The van der Waals surface area contributed by atoms with Crippen LogP contribution in [0.3, 0.4) is 0 Å². The van der Waals surface area contributed by atoms with Crippen LogP contribution in [0.1, 0.15) is 77.0 Å². The Bertz CT molecular complexity index is 4130. The van der Waals surface area contributed by atoms with Crippen molar-refractivity contribution in [2.24, 2.45) is 0 Å². The zero-order valence-electron chi connectivity index (χ0n) is 42.4. The van der Waals surface area contributed by atoms with Crippen molar-refractivity contribution in [1.82, 2.24) is 0 Å². The number of hydrogen-bond donors (Lipinski definition) is 0. The zero-order chi connectivity index (χ0) is 49.1. The summed E-state index contributed by atoms with van der Waals surface area (Å²) in [5, 5.41) is 4.85. The van der Waals surface area contributed by atoms with Gasteiger partial charge in [0.05, 0.1) is 21.6 Å². The van der Waals surface area contributed by atoms with Crippen LogP contribution in [0.2, 0.25) is 0 Å². The van der Waals surface area contributed by atoms with E-state index in [1.165, 1.54) is 123 Å². The molecule has 0 saturated heterocycles. The molecule has 0 radical (unpaired) electrons. The first kappa shape index (κ1) is 43.1. The normalized spacial score (nSPS) is 18.9. The summed E-state index contributed by atoms with van der Waals surface area (Å²) in [5.41, 5.74) is 21.9. The first-order chi connectivity index (χ1) is 35.5. The van der Waals surface area contributed by atoms with E-state index >= 15 is 0 Å². The molecule has 2 atom stereocenters. The van der Waals surface area contributed by atoms with Crippen molar-refractivity contribution in [1.29, 1.82) is 0 Å². The van der Waals surface area contributed by atoms with Gasteiger partial charge in [-0.3, -0.25) is 0 Å². The van der Waals surface area contributed by atoms with Gasteiger partial charge in [0.15, 0.2) is 5.58 Å². The molecular weight excluding hydrogens is 906 g/mol. The van der Waals surface area contributed by atoms with Gasteiger partial charge in [-0.15, -0.1) is 11.3 Å². The maximum absolute atomic E-state index is 6.92. The number of benzene rings is 9. The third-order valence-electron chi connectivity index (χ3n) is 17.8. The Morgan fingerprint density at radius 1 is 0.534 bits per heavy atom. The van der Waals surface area contributed by atoms with Crippen molar-refractivity contribution in [3.05, 3.63) is 199 Å². The zero-order valence-corrected chi connectivity index (χ0v) is 43.2. The second-order valence-corrected chi connectivity index (χ2v) is 23.9. The third-order valence-corrected chi connectivity index (χ3v) is 19.0. The molecule has 0 bridgehead atoms. The van der Waals surface area contributed by atoms with Gasteiger partial charge in [-0.2, -0.15) is 0 Å². The van der Waals surface area contributed by atoms with Crippen LogP contribution in [-0.4, -0.2) is 12.3 Å². The van der Waals surface area contributed by atoms with Gasteiger partial charge in [0.25, 0.3) is 6.71 Å². The van der Waals surface area contributed by atoms with Crippen LogP contribution in [-0.2, 0) is 10.8 Å². The average Bonchev–Trinajstić information content (AvgIpc) is 4.06. The van der Waals surface area contributed by atoms with Crippen LogP contribution in [0.15, 0.2) is 186 Å². The highest BCUT2D eigenvalue weighted by Gasteiger charge is 2.58. The molecule has 1 aliphatic carbocycles. The summed E-state index contributed by atoms with van der Waals surface area (Å²) < 4.78 is 9.52. The molecule has 73 heavy (non-hydrogen) atoms. The van der Waals surface area contributed by atoms with Crippen molar-refractivity contribution in [3.63, 3.8) is 0 Å². The number of hydrogen-bond acceptors (Lipinski definition) is 5. The van der Waals surface area contributed by atoms with E-state index in [1.807, 2.05) is 11.3 Å². The van der Waals surface area contributed by atoms with Crippen molar-refractivity contribution < 1.29 is 4.42 Å². The summed E-state index contributed by atoms with van der Waals surface area (Å²) in [5.74, 6) is 0. The topological polar surface area (TPSA) is 22.9 Å². The fourth-order valence-electron chi connectivity index (χ4n) is 14.0. The molecule has 11 aromatic rings. The van der Waals surface area contributed by atoms with Crippen LogP contribution in [0.5, 0.6) is 0 Å². The van der Waals surface area contributed by atoms with Crippen LogP contribution >= 0.6 is 11.3 Å². The third kappa shape index (κ3) is 5.96. The smallest absolute Gasteiger partial charge is 0.252 e. The summed E-state index contributed by atoms with van der Waals surface area (Å²) >= 11 is 1.91. The van der Waals surface area contributed by atoms with E-state index < -0.39 is 0 Å². The Kier molecular flexibility index (Phi) is 9.00. The molecule has 2 unspecified atom stereocenters. The maximum atomic E-state index is 6.92. The van der Waals surface area contributed by atoms with E-state index in [9.17, 15) is 0 Å². The SMILES string of the molecule is Cc1cc2c3c(c1)N(c1cccc4c1sc1ccccc14)c1cc(N4c5ccc(C(C)(C)C)cc5C5(C)CCCCC45C)ccc1B3c1cc(-c3ccccc3)ccc1N2c1cccc2c1oc1ccccc12. The summed E-state index contributed by atoms with van der Waals surface area (Å²) in [6.45, 7) is 14.4. The van der Waals surface area contributed by atoms with Gasteiger partial charge in [0.2, 0.25) is 0 Å². The Morgan fingerprint density at radius 3 is 2.05 bits per heavy atom. The first-order valence-electron chi connectivity index (χ1n) is 26.3. The number of anilines is 8. The summed E-state index contributed by atoms with van der Waals surface area (Å²) in [4.78, 5) is 7.96. The Balaban J connectivity index is 1.04. The molecule has 6 heteroatoms. The minimum Gasteiger partial charge on any atom is -0.454 e. The molecule has 4 aliphatic rings. The van der Waals surface area contributed by atoms with Crippen LogP contribution in [0.4, 0.5) is 45.5 Å². The Morgan fingerprint density at radius 2 is 1.23 bits per heavy atom. The molecule has 354 valence electrons. The van der Waals surface area contributed by atoms with Gasteiger partial charge in [-0.1, -0.05) is 162 Å². The minimum absolute atomic E-state index is 0.00101. The van der Waals surface area contributed by atoms with E-state index in [0.29, 0.717) is 0 Å². The minimum atomic E-state index is -0.106. The maximum Gasteiger partial charge on any atom is 0.252 e. The van der Waals surface area contributed by atoms with Crippen molar-refractivity contribution >= 4 is 122 Å². The number of para-hydroxylation sites is 2. The van der Waals surface area contributed by atoms with E-state index in [1.54, 1.807) is 0 Å². The lowest BCUT2D eigenvalue weighted by Gasteiger charge is -2.50. The van der Waals surface area contributed by atoms with E-state index in [2.05, 4.69) is 238 Å². The lowest BCUT2D eigenvalue weighted by atomic mass is 9.33. The highest BCUT2D eigenvalue weighted by atomic mass is 32.1. The van der Waals surface area contributed by atoms with Gasteiger partial charge in [-0.05, 0) is 137 Å². The van der Waals surface area contributed by atoms with Gasteiger partial charge in [-0.25, -0.2) is 0 Å². The molecule has 0 amide bonds. The number of nitrogens with zero attached hydrogens (tertiary/aromatic N) is 3. The highest BCUT2D eigenvalue weighted by Crippen LogP contribution is 2.62. The highest BCUT2D eigenvalue weighted by molar-refractivity contribution is 7.26. The van der Waals surface area contributed by atoms with E-state index in [-0.39, 0.29) is 23.1 Å². The molecular formula is C67H56BN3OS. The average molecular weight is 962 g/mol. The fourth-order valence-corrected chi connectivity index (χ4v) is 15.2. The lowest BCUT2D eigenvalue weighted by molar-refractivity contribution is 0.195. The molecule has 2 aromatic heterocycles. The largest absolute Gasteiger partial charge is 0.454 e. The van der Waals surface area contributed by atoms with E-state index in [0.717, 1.165) is 34.0 Å². The fraction of sp³-hybridized carbons (Fsp3) is 0.194. The van der Waals surface area contributed by atoms with Gasteiger partial charge >= 0.3 is 0 Å². The van der Waals surface area contributed by atoms with Crippen LogP contribution in [0, 0.1) is 6.92 Å². The number of rotatable bonds is 4. The molecule has 3 aliphatic heterocycles. The summed E-state index contributed by atoms with van der Waals surface area (Å²) in [6, 6.07) is 69.1. The van der Waals surface area contributed by atoms with Crippen molar-refractivity contribution in [3.8, 4) is 11.1 Å². The van der Waals surface area contributed by atoms with Crippen molar-refractivity contribution in [2.45, 2.75) is 83.6 Å². The monoisotopic (exact) mass is 961 g/mol. The van der Waals surface area contributed by atoms with Gasteiger partial charge < -0.3 is 19.1 Å². The Hall–Kier alpha value is -7.54. The molecule has 4 nitrogen and oxygen atoms in total. The number of thiophene rings is 1. The second kappa shape index (κ2) is 15.3. The first-order valence-corrected chi connectivity index (χ1v) is 27.1. The quantitative estimate of drug-likeness (QED) is 0.164. The standard InChI is InChI=1S/C67H56BN3OS/c1-41-36-58-62-59(37-41)70(56-25-17-23-49-47-21-11-13-27-61(47)73-64(49)56)57-40-45(71-53-33-29-44(65(2,3)4)39-50(53)66(5)34-14-15-35-67(66,71)6)30-31-51(57)68(62)52-38-43(42-18-8-7-9-19-42)28-32-54(52)69(58)55-24-16-22-48-46-20-10-12-26-60(46)72-63(48)55/h7-13,16-33,36-40H,14-15,34-35H2,1-6H3.